The topological polar surface area (TPSA) is 158 Å². The Morgan fingerprint density at radius 2 is 1.74 bits per heavy atom. The normalized spacial score (nSPS) is 30.0. The van der Waals surface area contributed by atoms with Gasteiger partial charge in [-0.25, -0.2) is 0 Å². The number of ether oxygens (including phenoxy) is 4. The molecule has 0 bridgehead atoms. The van der Waals surface area contributed by atoms with Crippen LogP contribution >= 0.6 is 0 Å². The van der Waals surface area contributed by atoms with Gasteiger partial charge in [0.15, 0.2) is 23.0 Å². The van der Waals surface area contributed by atoms with Crippen LogP contribution in [0.5, 0.6) is 23.0 Å². The number of benzene rings is 2. The minimum absolute atomic E-state index is 0.0263. The molecule has 2 aliphatic rings. The van der Waals surface area contributed by atoms with Crippen molar-refractivity contribution < 1.29 is 49.6 Å². The maximum Gasteiger partial charge on any atom is 0.229 e. The van der Waals surface area contributed by atoms with Gasteiger partial charge in [-0.1, -0.05) is 12.1 Å². The van der Waals surface area contributed by atoms with E-state index in [1.807, 2.05) is 6.07 Å². The summed E-state index contributed by atoms with van der Waals surface area (Å²) in [6.07, 6.45) is -5.60. The van der Waals surface area contributed by atoms with E-state index >= 15 is 0 Å². The van der Waals surface area contributed by atoms with Crippen molar-refractivity contribution in [3.05, 3.63) is 47.0 Å². The second-order valence-corrected chi connectivity index (χ2v) is 8.90. The second kappa shape index (κ2) is 10.6. The third-order valence-corrected chi connectivity index (χ3v) is 6.56. The number of hydrogen-bond acceptors (Lipinski definition) is 10. The van der Waals surface area contributed by atoms with Crippen LogP contribution in [0.3, 0.4) is 0 Å². The molecule has 0 aliphatic carbocycles. The first-order chi connectivity index (χ1) is 16.8. The lowest BCUT2D eigenvalue weighted by Gasteiger charge is -2.39. The molecule has 0 spiro atoms. The Labute approximate surface area is 202 Å². The number of phenolic OH excluding ortho intramolecular Hbond substituents is 1. The third-order valence-electron chi connectivity index (χ3n) is 6.56. The van der Waals surface area contributed by atoms with Crippen LogP contribution in [-0.4, -0.2) is 81.7 Å². The van der Waals surface area contributed by atoms with Crippen molar-refractivity contribution in [3.63, 3.8) is 0 Å². The van der Waals surface area contributed by atoms with Gasteiger partial charge in [-0.2, -0.15) is 0 Å². The zero-order chi connectivity index (χ0) is 25.3. The van der Waals surface area contributed by atoms with E-state index in [9.17, 15) is 25.5 Å². The molecule has 0 amide bonds. The van der Waals surface area contributed by atoms with Crippen LogP contribution in [0.4, 0.5) is 0 Å². The maximum atomic E-state index is 10.5. The molecule has 2 aromatic rings. The van der Waals surface area contributed by atoms with Crippen LogP contribution in [0.1, 0.15) is 42.1 Å². The molecule has 0 saturated carbocycles. The summed E-state index contributed by atoms with van der Waals surface area (Å²) in [6.45, 7) is 1.38. The Kier molecular flexibility index (Phi) is 7.70. The van der Waals surface area contributed by atoms with Crippen LogP contribution < -0.4 is 14.2 Å². The van der Waals surface area contributed by atoms with Crippen molar-refractivity contribution >= 4 is 0 Å². The van der Waals surface area contributed by atoms with E-state index in [2.05, 4.69) is 0 Å². The van der Waals surface area contributed by atoms with Crippen LogP contribution in [-0.2, 0) is 11.2 Å². The number of aliphatic hydroxyl groups excluding tert-OH is 5. The van der Waals surface area contributed by atoms with Crippen LogP contribution in [0.25, 0.3) is 0 Å². The molecule has 1 saturated heterocycles. The van der Waals surface area contributed by atoms with Gasteiger partial charge in [0, 0.05) is 12.2 Å². The zero-order valence-electron chi connectivity index (χ0n) is 19.6. The molecule has 10 heteroatoms. The Balaban J connectivity index is 1.58. The van der Waals surface area contributed by atoms with Crippen molar-refractivity contribution in [2.24, 2.45) is 0 Å². The van der Waals surface area contributed by atoms with Gasteiger partial charge in [0.25, 0.3) is 0 Å². The van der Waals surface area contributed by atoms with Gasteiger partial charge in [0.1, 0.15) is 24.4 Å². The van der Waals surface area contributed by atoms with Crippen molar-refractivity contribution in [2.45, 2.75) is 62.5 Å². The molecule has 6 N–H and O–H groups in total. The predicted octanol–water partition coefficient (Wildman–Crippen LogP) is 0.742. The van der Waals surface area contributed by atoms with E-state index in [4.69, 9.17) is 24.1 Å². The number of methoxy groups -OCH3 is 1. The largest absolute Gasteiger partial charge is 0.504 e. The standard InChI is InChI=1S/C25H32O10/c1-12-20(29)21(30)22(31)25(33-12)34-18-6-5-14(10-19(18)32-2)23-16(11-27)15-8-13(4-3-7-26)9-17(28)24(15)35-23/h5-6,8-10,12,16,20-23,25-31H,3-4,7,11H2,1-2H3/t12-,16?,20-,21+,22+,23?,25-/m0/s1. The van der Waals surface area contributed by atoms with Gasteiger partial charge < -0.3 is 49.6 Å². The first kappa shape index (κ1) is 25.5. The van der Waals surface area contributed by atoms with Gasteiger partial charge in [-0.15, -0.1) is 0 Å². The highest BCUT2D eigenvalue weighted by atomic mass is 16.7. The Morgan fingerprint density at radius 3 is 2.43 bits per heavy atom. The molecule has 7 atom stereocenters. The summed E-state index contributed by atoms with van der Waals surface area (Å²) >= 11 is 0. The predicted molar refractivity (Wildman–Crippen MR) is 123 cm³/mol. The highest BCUT2D eigenvalue weighted by Crippen LogP contribution is 2.51. The summed E-state index contributed by atoms with van der Waals surface area (Å²) in [5, 5.41) is 60.0. The summed E-state index contributed by atoms with van der Waals surface area (Å²) in [7, 11) is 1.44. The fourth-order valence-electron chi connectivity index (χ4n) is 4.59. The van der Waals surface area contributed by atoms with Gasteiger partial charge in [0.2, 0.25) is 6.29 Å². The summed E-state index contributed by atoms with van der Waals surface area (Å²) in [5.74, 6) is 0.377. The summed E-state index contributed by atoms with van der Waals surface area (Å²) < 4.78 is 22.8. The van der Waals surface area contributed by atoms with E-state index in [1.54, 1.807) is 31.2 Å². The van der Waals surface area contributed by atoms with Crippen LogP contribution in [0.2, 0.25) is 0 Å². The van der Waals surface area contributed by atoms with E-state index in [0.717, 1.165) is 5.56 Å². The fraction of sp³-hybridized carbons (Fsp3) is 0.520. The molecule has 192 valence electrons. The van der Waals surface area contributed by atoms with Crippen molar-refractivity contribution in [3.8, 4) is 23.0 Å². The number of aromatic hydroxyl groups is 1. The molecule has 2 aliphatic heterocycles. The highest BCUT2D eigenvalue weighted by molar-refractivity contribution is 5.55. The first-order valence-corrected chi connectivity index (χ1v) is 11.6. The summed E-state index contributed by atoms with van der Waals surface area (Å²) in [4.78, 5) is 0. The smallest absolute Gasteiger partial charge is 0.229 e. The molecule has 2 heterocycles. The molecule has 35 heavy (non-hydrogen) atoms. The quantitative estimate of drug-likeness (QED) is 0.310. The van der Waals surface area contributed by atoms with Crippen molar-refractivity contribution in [1.82, 2.24) is 0 Å². The minimum atomic E-state index is -1.47. The molecule has 0 aromatic heterocycles. The van der Waals surface area contributed by atoms with E-state index in [1.165, 1.54) is 7.11 Å². The lowest BCUT2D eigenvalue weighted by molar-refractivity contribution is -0.268. The molecule has 10 nitrogen and oxygen atoms in total. The van der Waals surface area contributed by atoms with Gasteiger partial charge in [0.05, 0.1) is 25.7 Å². The monoisotopic (exact) mass is 492 g/mol. The Hall–Kier alpha value is -2.60. The van der Waals surface area contributed by atoms with Crippen molar-refractivity contribution in [1.29, 1.82) is 0 Å². The fourth-order valence-corrected chi connectivity index (χ4v) is 4.59. The Morgan fingerprint density at radius 1 is 0.971 bits per heavy atom. The molecule has 2 aromatic carbocycles. The van der Waals surface area contributed by atoms with Crippen LogP contribution in [0, 0.1) is 0 Å². The number of phenols is 1. The molecule has 4 rings (SSSR count). The second-order valence-electron chi connectivity index (χ2n) is 8.90. The van der Waals surface area contributed by atoms with Gasteiger partial charge in [-0.3, -0.25) is 0 Å². The molecular weight excluding hydrogens is 460 g/mol. The number of rotatable bonds is 8. The number of hydrogen-bond donors (Lipinski definition) is 6. The van der Waals surface area contributed by atoms with Gasteiger partial charge >= 0.3 is 0 Å². The number of aliphatic hydroxyl groups is 5. The molecule has 2 unspecified atom stereocenters. The Bertz CT molecular complexity index is 1030. The van der Waals surface area contributed by atoms with Crippen LogP contribution in [0.15, 0.2) is 30.3 Å². The average Bonchev–Trinajstić information content (AvgIpc) is 3.24. The lowest BCUT2D eigenvalue weighted by Crippen LogP contribution is -2.58. The lowest BCUT2D eigenvalue weighted by atomic mass is 9.90. The molecular formula is C25H32O10. The zero-order valence-corrected chi connectivity index (χ0v) is 19.6. The maximum absolute atomic E-state index is 10.5. The highest BCUT2D eigenvalue weighted by Gasteiger charge is 2.43. The third kappa shape index (κ3) is 4.90. The van der Waals surface area contributed by atoms with E-state index in [-0.39, 0.29) is 24.7 Å². The van der Waals surface area contributed by atoms with E-state index < -0.39 is 42.7 Å². The number of fused-ring (bicyclic) bond motifs is 1. The minimum Gasteiger partial charge on any atom is -0.504 e. The number of aryl methyl sites for hydroxylation is 1. The summed E-state index contributed by atoms with van der Waals surface area (Å²) in [6, 6.07) is 8.46. The summed E-state index contributed by atoms with van der Waals surface area (Å²) in [5.41, 5.74) is 2.19. The molecule has 0 radical (unpaired) electrons. The molecule has 1 fully saturated rings. The SMILES string of the molecule is COc1cc(C2Oc3c(O)cc(CCCO)cc3C2CO)ccc1O[C@@H]1O[C@@H](C)[C@H](O)[C@@H](O)[C@H]1O. The first-order valence-electron chi connectivity index (χ1n) is 11.6. The van der Waals surface area contributed by atoms with Gasteiger partial charge in [-0.05, 0) is 49.1 Å². The van der Waals surface area contributed by atoms with E-state index in [0.29, 0.717) is 35.5 Å². The average molecular weight is 493 g/mol. The van der Waals surface area contributed by atoms with Crippen molar-refractivity contribution in [2.75, 3.05) is 20.3 Å².